The summed E-state index contributed by atoms with van der Waals surface area (Å²) in [5.74, 6) is 0.600. The van der Waals surface area contributed by atoms with Crippen LogP contribution in [0.25, 0.3) is 6.08 Å². The molecule has 1 amide bonds. The average molecular weight is 293 g/mol. The molecule has 116 valence electrons. The molecule has 1 aromatic carbocycles. The smallest absolute Gasteiger partial charge is 0.244 e. The van der Waals surface area contributed by atoms with Gasteiger partial charge in [-0.15, -0.1) is 0 Å². The maximum atomic E-state index is 11.6. The minimum Gasteiger partial charge on any atom is -0.491 e. The number of carbonyl (C=O) groups is 1. The van der Waals surface area contributed by atoms with Gasteiger partial charge >= 0.3 is 0 Å². The second kappa shape index (κ2) is 9.96. The summed E-state index contributed by atoms with van der Waals surface area (Å²) >= 11 is 0. The van der Waals surface area contributed by atoms with Crippen LogP contribution >= 0.6 is 0 Å². The van der Waals surface area contributed by atoms with Crippen LogP contribution < -0.4 is 10.1 Å². The molecule has 0 aliphatic rings. The monoisotopic (exact) mass is 293 g/mol. The predicted octanol–water partition coefficient (Wildman–Crippen LogP) is 1.61. The lowest BCUT2D eigenvalue weighted by Gasteiger charge is -2.09. The minimum absolute atomic E-state index is 0.0113. The minimum atomic E-state index is -0.183. The summed E-state index contributed by atoms with van der Waals surface area (Å²) in [6.45, 7) is 5.01. The summed E-state index contributed by atoms with van der Waals surface area (Å²) in [6.07, 6.45) is 3.32. The second-order valence-corrected chi connectivity index (χ2v) is 4.70. The van der Waals surface area contributed by atoms with Gasteiger partial charge in [0, 0.05) is 12.6 Å². The normalized spacial score (nSPS) is 11.0. The number of carbonyl (C=O) groups excluding carboxylic acids is 1. The van der Waals surface area contributed by atoms with Gasteiger partial charge in [-0.25, -0.2) is 0 Å². The molecule has 5 nitrogen and oxygen atoms in total. The Morgan fingerprint density at radius 2 is 2.19 bits per heavy atom. The van der Waals surface area contributed by atoms with E-state index in [0.717, 1.165) is 11.3 Å². The quantitative estimate of drug-likeness (QED) is 0.536. The molecule has 0 heterocycles. The first kappa shape index (κ1) is 17.2. The molecule has 5 heteroatoms. The first-order valence-corrected chi connectivity index (χ1v) is 7.03. The Morgan fingerprint density at radius 1 is 1.38 bits per heavy atom. The van der Waals surface area contributed by atoms with Crippen molar-refractivity contribution in [2.24, 2.45) is 0 Å². The van der Waals surface area contributed by atoms with Crippen LogP contribution in [-0.4, -0.2) is 43.5 Å². The number of ether oxygens (including phenoxy) is 2. The van der Waals surface area contributed by atoms with Gasteiger partial charge in [0.2, 0.25) is 5.91 Å². The van der Waals surface area contributed by atoms with Crippen LogP contribution in [0.1, 0.15) is 19.4 Å². The van der Waals surface area contributed by atoms with E-state index in [2.05, 4.69) is 5.32 Å². The fourth-order valence-electron chi connectivity index (χ4n) is 1.61. The van der Waals surface area contributed by atoms with E-state index in [9.17, 15) is 4.79 Å². The van der Waals surface area contributed by atoms with Crippen LogP contribution in [0.5, 0.6) is 5.75 Å². The number of rotatable bonds is 9. The van der Waals surface area contributed by atoms with Crippen LogP contribution in [0, 0.1) is 0 Å². The summed E-state index contributed by atoms with van der Waals surface area (Å²) in [4.78, 5) is 11.6. The largest absolute Gasteiger partial charge is 0.491 e. The lowest BCUT2D eigenvalue weighted by molar-refractivity contribution is -0.116. The van der Waals surface area contributed by atoms with Crippen molar-refractivity contribution in [1.82, 2.24) is 5.32 Å². The summed E-state index contributed by atoms with van der Waals surface area (Å²) < 4.78 is 10.6. The Kier molecular flexibility index (Phi) is 8.16. The molecule has 2 N–H and O–H groups in total. The molecule has 0 aliphatic heterocycles. The van der Waals surface area contributed by atoms with Crippen molar-refractivity contribution in [3.63, 3.8) is 0 Å². The van der Waals surface area contributed by atoms with Gasteiger partial charge < -0.3 is 19.9 Å². The molecule has 0 aliphatic carbocycles. The van der Waals surface area contributed by atoms with Gasteiger partial charge in [0.1, 0.15) is 5.75 Å². The van der Waals surface area contributed by atoms with Crippen LogP contribution in [0.2, 0.25) is 0 Å². The number of hydrogen-bond donors (Lipinski definition) is 2. The fraction of sp³-hybridized carbons (Fsp3) is 0.438. The molecule has 0 aromatic heterocycles. The van der Waals surface area contributed by atoms with Crippen LogP contribution in [-0.2, 0) is 9.53 Å². The van der Waals surface area contributed by atoms with E-state index in [1.165, 1.54) is 6.08 Å². The van der Waals surface area contributed by atoms with Crippen molar-refractivity contribution in [3.05, 3.63) is 35.9 Å². The third kappa shape index (κ3) is 8.12. The lowest BCUT2D eigenvalue weighted by atomic mass is 10.2. The summed E-state index contributed by atoms with van der Waals surface area (Å²) in [7, 11) is 0. The van der Waals surface area contributed by atoms with Crippen LogP contribution in [0.4, 0.5) is 0 Å². The van der Waals surface area contributed by atoms with Gasteiger partial charge in [0.15, 0.2) is 0 Å². The highest BCUT2D eigenvalue weighted by Crippen LogP contribution is 2.15. The van der Waals surface area contributed by atoms with Gasteiger partial charge in [-0.05, 0) is 37.6 Å². The number of amides is 1. The predicted molar refractivity (Wildman–Crippen MR) is 82.2 cm³/mol. The number of aliphatic hydroxyl groups is 1. The number of aliphatic hydroxyl groups excluding tert-OH is 1. The van der Waals surface area contributed by atoms with Crippen LogP contribution in [0.15, 0.2) is 30.3 Å². The Balaban J connectivity index is 2.39. The summed E-state index contributed by atoms with van der Waals surface area (Å²) in [5.41, 5.74) is 0.903. The third-order valence-corrected chi connectivity index (χ3v) is 2.44. The Hall–Kier alpha value is -1.85. The number of nitrogens with one attached hydrogen (secondary N) is 1. The van der Waals surface area contributed by atoms with E-state index in [0.29, 0.717) is 13.2 Å². The van der Waals surface area contributed by atoms with E-state index in [1.54, 1.807) is 6.08 Å². The summed E-state index contributed by atoms with van der Waals surface area (Å²) in [6, 6.07) is 7.56. The van der Waals surface area contributed by atoms with Crippen molar-refractivity contribution < 1.29 is 19.4 Å². The Bertz CT molecular complexity index is 457. The molecule has 21 heavy (non-hydrogen) atoms. The van der Waals surface area contributed by atoms with E-state index < -0.39 is 0 Å². The van der Waals surface area contributed by atoms with E-state index in [4.69, 9.17) is 14.6 Å². The molecule has 1 aromatic rings. The first-order valence-electron chi connectivity index (χ1n) is 7.03. The lowest BCUT2D eigenvalue weighted by Crippen LogP contribution is -2.25. The second-order valence-electron chi connectivity index (χ2n) is 4.70. The van der Waals surface area contributed by atoms with Crippen LogP contribution in [0.3, 0.4) is 0 Å². The molecular formula is C16H23NO4. The SMILES string of the molecule is CC(C)Oc1cccc(/C=C/C(=O)NCCOCCO)c1. The average Bonchev–Trinajstić information content (AvgIpc) is 2.44. The third-order valence-electron chi connectivity index (χ3n) is 2.44. The zero-order valence-electron chi connectivity index (χ0n) is 12.5. The van der Waals surface area contributed by atoms with Gasteiger partial charge in [0.25, 0.3) is 0 Å². The van der Waals surface area contributed by atoms with Crippen molar-refractivity contribution in [2.45, 2.75) is 20.0 Å². The van der Waals surface area contributed by atoms with E-state index >= 15 is 0 Å². The molecule has 0 bridgehead atoms. The summed E-state index contributed by atoms with van der Waals surface area (Å²) in [5, 5.41) is 11.2. The molecule has 0 saturated carbocycles. The van der Waals surface area contributed by atoms with Gasteiger partial charge in [-0.3, -0.25) is 4.79 Å². The van der Waals surface area contributed by atoms with Crippen molar-refractivity contribution in [1.29, 1.82) is 0 Å². The Morgan fingerprint density at radius 3 is 2.90 bits per heavy atom. The van der Waals surface area contributed by atoms with Gasteiger partial charge in [-0.1, -0.05) is 12.1 Å². The molecule has 0 saturated heterocycles. The van der Waals surface area contributed by atoms with Crippen molar-refractivity contribution in [2.75, 3.05) is 26.4 Å². The highest BCUT2D eigenvalue weighted by molar-refractivity contribution is 5.91. The molecule has 0 spiro atoms. The fourth-order valence-corrected chi connectivity index (χ4v) is 1.61. The standard InChI is InChI=1S/C16H23NO4/c1-13(2)21-15-5-3-4-14(12-15)6-7-16(19)17-8-10-20-11-9-18/h3-7,12-13,18H,8-11H2,1-2H3,(H,17,19)/b7-6+. The topological polar surface area (TPSA) is 67.8 Å². The van der Waals surface area contributed by atoms with Gasteiger partial charge in [0.05, 0.1) is 25.9 Å². The molecule has 0 unspecified atom stereocenters. The number of hydrogen-bond acceptors (Lipinski definition) is 4. The maximum Gasteiger partial charge on any atom is 0.244 e. The van der Waals surface area contributed by atoms with Crippen molar-refractivity contribution in [3.8, 4) is 5.75 Å². The maximum absolute atomic E-state index is 11.6. The van der Waals surface area contributed by atoms with E-state index in [-0.39, 0.29) is 25.2 Å². The molecule has 0 radical (unpaired) electrons. The zero-order chi connectivity index (χ0) is 15.5. The number of benzene rings is 1. The zero-order valence-corrected chi connectivity index (χ0v) is 12.5. The van der Waals surface area contributed by atoms with E-state index in [1.807, 2.05) is 38.1 Å². The molecular weight excluding hydrogens is 270 g/mol. The Labute approximate surface area is 125 Å². The van der Waals surface area contributed by atoms with Gasteiger partial charge in [-0.2, -0.15) is 0 Å². The van der Waals surface area contributed by atoms with Crippen molar-refractivity contribution >= 4 is 12.0 Å². The molecule has 0 fully saturated rings. The highest BCUT2D eigenvalue weighted by atomic mass is 16.5. The molecule has 0 atom stereocenters. The molecule has 1 rings (SSSR count). The highest BCUT2D eigenvalue weighted by Gasteiger charge is 1.99. The first-order chi connectivity index (χ1) is 10.1.